The molecule has 0 aliphatic carbocycles. The van der Waals surface area contributed by atoms with Crippen LogP contribution in [0.3, 0.4) is 0 Å². The van der Waals surface area contributed by atoms with Gasteiger partial charge in [-0.05, 0) is 13.0 Å². The van der Waals surface area contributed by atoms with Gasteiger partial charge in [-0.15, -0.1) is 0 Å². The molecule has 21 heavy (non-hydrogen) atoms. The Bertz CT molecular complexity index is 786. The topological polar surface area (TPSA) is 83.6 Å². The largest absolute Gasteiger partial charge is 0.491 e. The van der Waals surface area contributed by atoms with Crippen LogP contribution in [0.5, 0.6) is 5.75 Å². The van der Waals surface area contributed by atoms with Crippen LogP contribution in [0, 0.1) is 11.6 Å². The summed E-state index contributed by atoms with van der Waals surface area (Å²) in [6, 6.07) is 0.668. The van der Waals surface area contributed by atoms with E-state index in [1.165, 1.54) is 0 Å². The molecule has 1 aromatic heterocycles. The molecule has 0 saturated carbocycles. The Morgan fingerprint density at radius 1 is 1.43 bits per heavy atom. The van der Waals surface area contributed by atoms with Gasteiger partial charge in [-0.2, -0.15) is 4.39 Å². The van der Waals surface area contributed by atoms with Gasteiger partial charge in [0.15, 0.2) is 11.6 Å². The Morgan fingerprint density at radius 3 is 2.67 bits per heavy atom. The second kappa shape index (κ2) is 5.39. The first-order valence-electron chi connectivity index (χ1n) is 5.95. The number of benzene rings is 1. The van der Waals surface area contributed by atoms with Gasteiger partial charge in [-0.3, -0.25) is 9.47 Å². The summed E-state index contributed by atoms with van der Waals surface area (Å²) in [4.78, 5) is 23.9. The lowest BCUT2D eigenvalue weighted by Crippen LogP contribution is -2.24. The molecule has 112 valence electrons. The molecule has 0 radical (unpaired) electrons. The Balaban J connectivity index is 2.89. The maximum Gasteiger partial charge on any atom is 0.343 e. The molecule has 0 bridgehead atoms. The smallest absolute Gasteiger partial charge is 0.343 e. The number of carbonyl (C=O) groups excluding carboxylic acids is 1. The Kier molecular flexibility index (Phi) is 3.79. The molecule has 6 nitrogen and oxygen atoms in total. The van der Waals surface area contributed by atoms with Crippen molar-refractivity contribution in [1.82, 2.24) is 4.68 Å². The molecule has 8 heteroatoms. The van der Waals surface area contributed by atoms with Crippen molar-refractivity contribution in [2.45, 2.75) is 6.92 Å². The molecule has 2 N–H and O–H groups in total. The summed E-state index contributed by atoms with van der Waals surface area (Å²) in [7, 11) is 1.11. The fourth-order valence-corrected chi connectivity index (χ4v) is 1.97. The number of nitrogens with zero attached hydrogens (tertiary/aromatic N) is 1. The number of ether oxygens (including phenoxy) is 2. The molecule has 0 spiro atoms. The van der Waals surface area contributed by atoms with E-state index in [9.17, 15) is 18.4 Å². The second-order valence-electron chi connectivity index (χ2n) is 4.10. The van der Waals surface area contributed by atoms with Crippen molar-refractivity contribution in [3.05, 3.63) is 39.7 Å². The SMILES string of the molecule is CCOC(=O)c1cn(N)c2c(OC)c(F)c(F)cc2c1=O. The summed E-state index contributed by atoms with van der Waals surface area (Å²) in [6.07, 6.45) is 0.989. The van der Waals surface area contributed by atoms with Gasteiger partial charge in [0.2, 0.25) is 11.2 Å². The zero-order chi connectivity index (χ0) is 15.7. The van der Waals surface area contributed by atoms with Crippen LogP contribution in [-0.4, -0.2) is 24.4 Å². The van der Waals surface area contributed by atoms with Crippen molar-refractivity contribution in [2.24, 2.45) is 0 Å². The van der Waals surface area contributed by atoms with Crippen molar-refractivity contribution in [3.63, 3.8) is 0 Å². The van der Waals surface area contributed by atoms with Gasteiger partial charge in [0.25, 0.3) is 0 Å². The predicted molar refractivity (Wildman–Crippen MR) is 70.8 cm³/mol. The molecular weight excluding hydrogens is 286 g/mol. The number of nitrogens with two attached hydrogens (primary N) is 1. The van der Waals surface area contributed by atoms with E-state index >= 15 is 0 Å². The van der Waals surface area contributed by atoms with Gasteiger partial charge < -0.3 is 15.3 Å². The number of hydrogen-bond donors (Lipinski definition) is 1. The molecule has 0 fully saturated rings. The van der Waals surface area contributed by atoms with Crippen LogP contribution in [-0.2, 0) is 4.74 Å². The first-order chi connectivity index (χ1) is 9.92. The van der Waals surface area contributed by atoms with Crippen LogP contribution in [0.1, 0.15) is 17.3 Å². The number of hydrogen-bond acceptors (Lipinski definition) is 5. The van der Waals surface area contributed by atoms with Crippen molar-refractivity contribution in [3.8, 4) is 5.75 Å². The normalized spacial score (nSPS) is 10.7. The Morgan fingerprint density at radius 2 is 2.10 bits per heavy atom. The highest BCUT2D eigenvalue weighted by molar-refractivity contribution is 5.95. The fraction of sp³-hybridized carbons (Fsp3) is 0.231. The summed E-state index contributed by atoms with van der Waals surface area (Å²) in [5.74, 6) is 1.70. The highest BCUT2D eigenvalue weighted by atomic mass is 19.2. The lowest BCUT2D eigenvalue weighted by molar-refractivity contribution is 0.0524. The number of carbonyl (C=O) groups is 1. The van der Waals surface area contributed by atoms with Crippen LogP contribution in [0.4, 0.5) is 8.78 Å². The molecule has 1 heterocycles. The third kappa shape index (κ3) is 2.28. The van der Waals surface area contributed by atoms with Gasteiger partial charge in [0.05, 0.1) is 19.1 Å². The van der Waals surface area contributed by atoms with Crippen molar-refractivity contribution in [2.75, 3.05) is 19.6 Å². The van der Waals surface area contributed by atoms with E-state index in [0.29, 0.717) is 6.07 Å². The molecule has 2 aromatic rings. The monoisotopic (exact) mass is 298 g/mol. The minimum absolute atomic E-state index is 0.0575. The van der Waals surface area contributed by atoms with E-state index in [1.54, 1.807) is 6.92 Å². The maximum atomic E-state index is 13.7. The van der Waals surface area contributed by atoms with Crippen molar-refractivity contribution in [1.29, 1.82) is 0 Å². The van der Waals surface area contributed by atoms with E-state index in [2.05, 4.69) is 0 Å². The molecule has 0 atom stereocenters. The second-order valence-corrected chi connectivity index (χ2v) is 4.10. The molecular formula is C13H12F2N2O4. The summed E-state index contributed by atoms with van der Waals surface area (Å²) < 4.78 is 37.5. The minimum Gasteiger partial charge on any atom is -0.491 e. The number of esters is 1. The molecule has 0 aliphatic rings. The average molecular weight is 298 g/mol. The third-order valence-corrected chi connectivity index (χ3v) is 2.87. The minimum atomic E-state index is -1.28. The van der Waals surface area contributed by atoms with Gasteiger partial charge >= 0.3 is 5.97 Å². The van der Waals surface area contributed by atoms with E-state index in [1.807, 2.05) is 0 Å². The van der Waals surface area contributed by atoms with E-state index in [4.69, 9.17) is 15.3 Å². The highest BCUT2D eigenvalue weighted by Gasteiger charge is 2.22. The summed E-state index contributed by atoms with van der Waals surface area (Å²) in [5, 5.41) is -0.279. The van der Waals surface area contributed by atoms with Crippen molar-refractivity contribution >= 4 is 16.9 Å². The van der Waals surface area contributed by atoms with Crippen LogP contribution >= 0.6 is 0 Å². The van der Waals surface area contributed by atoms with Gasteiger partial charge in [0.1, 0.15) is 11.1 Å². The molecule has 2 rings (SSSR count). The highest BCUT2D eigenvalue weighted by Crippen LogP contribution is 2.28. The number of nitrogen functional groups attached to an aromatic ring is 1. The van der Waals surface area contributed by atoms with Crippen LogP contribution in [0.25, 0.3) is 10.9 Å². The summed E-state index contributed by atoms with van der Waals surface area (Å²) >= 11 is 0. The zero-order valence-electron chi connectivity index (χ0n) is 11.3. The van der Waals surface area contributed by atoms with E-state index < -0.39 is 28.8 Å². The number of rotatable bonds is 3. The maximum absolute atomic E-state index is 13.7. The van der Waals surface area contributed by atoms with Crippen LogP contribution in [0.2, 0.25) is 0 Å². The predicted octanol–water partition coefficient (Wildman–Crippen LogP) is 1.18. The van der Waals surface area contributed by atoms with Gasteiger partial charge in [-0.25, -0.2) is 9.18 Å². The number of aromatic nitrogens is 1. The molecule has 1 aromatic carbocycles. The number of fused-ring (bicyclic) bond motifs is 1. The first kappa shape index (κ1) is 14.8. The van der Waals surface area contributed by atoms with Crippen LogP contribution in [0.15, 0.2) is 17.1 Å². The van der Waals surface area contributed by atoms with Gasteiger partial charge in [-0.1, -0.05) is 0 Å². The Hall–Kier alpha value is -2.64. The Labute approximate surface area is 117 Å². The molecule has 0 amide bonds. The quantitative estimate of drug-likeness (QED) is 0.679. The van der Waals surface area contributed by atoms with E-state index in [0.717, 1.165) is 18.0 Å². The number of methoxy groups -OCH3 is 1. The third-order valence-electron chi connectivity index (χ3n) is 2.87. The van der Waals surface area contributed by atoms with Crippen molar-refractivity contribution < 1.29 is 23.0 Å². The molecule has 0 saturated heterocycles. The first-order valence-corrected chi connectivity index (χ1v) is 5.95. The number of halogens is 2. The van der Waals surface area contributed by atoms with E-state index in [-0.39, 0.29) is 23.1 Å². The van der Waals surface area contributed by atoms with Crippen LogP contribution < -0.4 is 16.0 Å². The lowest BCUT2D eigenvalue weighted by Gasteiger charge is -2.12. The molecule has 0 unspecified atom stereocenters. The van der Waals surface area contributed by atoms with Gasteiger partial charge in [0, 0.05) is 6.20 Å². The molecule has 0 aliphatic heterocycles. The lowest BCUT2D eigenvalue weighted by atomic mass is 10.1. The zero-order valence-corrected chi connectivity index (χ0v) is 11.3. The average Bonchev–Trinajstić information content (AvgIpc) is 2.45. The number of pyridine rings is 1. The standard InChI is InChI=1S/C13H12F2N2O4/c1-3-21-13(19)7-5-17(16)10-6(11(7)18)4-8(14)9(15)12(10)20-2/h4-5H,3,16H2,1-2H3. The summed E-state index contributed by atoms with van der Waals surface area (Å²) in [5.41, 5.74) is -1.35. The summed E-state index contributed by atoms with van der Waals surface area (Å²) in [6.45, 7) is 1.62. The fourth-order valence-electron chi connectivity index (χ4n) is 1.97.